The first kappa shape index (κ1) is 33.6. The summed E-state index contributed by atoms with van der Waals surface area (Å²) in [6.45, 7) is 1.45. The minimum Gasteiger partial charge on any atom is -0.497 e. The van der Waals surface area contributed by atoms with E-state index in [4.69, 9.17) is 14.2 Å². The lowest BCUT2D eigenvalue weighted by Gasteiger charge is -2.31. The molecule has 47 heavy (non-hydrogen) atoms. The van der Waals surface area contributed by atoms with Crippen molar-refractivity contribution in [3.63, 3.8) is 0 Å². The SMILES string of the molecule is COc1ccc(CN(C(=O)COc2ccc(S(=O)(=O)N3CCOCC3)cc2)[C@@H](C(=O)NCCc2ccccc2)c2ccccc2)cc1. The number of benzene rings is 4. The van der Waals surface area contributed by atoms with Gasteiger partial charge in [0.1, 0.15) is 17.5 Å². The van der Waals surface area contributed by atoms with Crippen molar-refractivity contribution in [3.05, 3.63) is 126 Å². The van der Waals surface area contributed by atoms with E-state index in [-0.39, 0.29) is 24.0 Å². The summed E-state index contributed by atoms with van der Waals surface area (Å²) in [5.74, 6) is 0.268. The summed E-state index contributed by atoms with van der Waals surface area (Å²) in [4.78, 5) is 29.5. The van der Waals surface area contributed by atoms with Crippen molar-refractivity contribution >= 4 is 21.8 Å². The van der Waals surface area contributed by atoms with Gasteiger partial charge in [0.2, 0.25) is 15.9 Å². The van der Waals surface area contributed by atoms with Gasteiger partial charge in [-0.1, -0.05) is 72.8 Å². The molecule has 4 aromatic rings. The molecule has 0 radical (unpaired) electrons. The zero-order valence-corrected chi connectivity index (χ0v) is 27.1. The Kier molecular flexibility index (Phi) is 11.6. The third-order valence-electron chi connectivity index (χ3n) is 7.86. The molecule has 11 heteroatoms. The Labute approximate surface area is 275 Å². The molecular weight excluding hydrogens is 618 g/mol. The van der Waals surface area contributed by atoms with Gasteiger partial charge in [-0.25, -0.2) is 8.42 Å². The summed E-state index contributed by atoms with van der Waals surface area (Å²) < 4.78 is 43.9. The minimum absolute atomic E-state index is 0.134. The third kappa shape index (κ3) is 8.97. The smallest absolute Gasteiger partial charge is 0.261 e. The van der Waals surface area contributed by atoms with Crippen molar-refractivity contribution in [1.29, 1.82) is 0 Å². The summed E-state index contributed by atoms with van der Waals surface area (Å²) in [6.07, 6.45) is 0.640. The predicted molar refractivity (Wildman–Crippen MR) is 177 cm³/mol. The molecule has 0 bridgehead atoms. The van der Waals surface area contributed by atoms with Gasteiger partial charge in [-0.3, -0.25) is 9.59 Å². The predicted octanol–water partition coefficient (Wildman–Crippen LogP) is 4.22. The maximum Gasteiger partial charge on any atom is 0.261 e. The molecular formula is C36H39N3O7S. The standard InChI is InChI=1S/C36H39N3O7S/c1-44-31-14-12-29(13-15-31)26-39(35(30-10-6-3-7-11-30)36(41)37-21-20-28-8-4-2-5-9-28)34(40)27-46-32-16-18-33(19-17-32)47(42,43)38-22-24-45-25-23-38/h2-19,35H,20-27H2,1H3,(H,37,41)/t35-/m1/s1. The zero-order chi connectivity index (χ0) is 33.1. The van der Waals surface area contributed by atoms with E-state index in [2.05, 4.69) is 5.32 Å². The van der Waals surface area contributed by atoms with Gasteiger partial charge in [0.05, 0.1) is 25.2 Å². The number of hydrogen-bond donors (Lipinski definition) is 1. The van der Waals surface area contributed by atoms with E-state index >= 15 is 0 Å². The number of amides is 2. The number of carbonyl (C=O) groups excluding carboxylic acids is 2. The molecule has 1 N–H and O–H groups in total. The summed E-state index contributed by atoms with van der Waals surface area (Å²) in [5.41, 5.74) is 2.55. The first-order valence-electron chi connectivity index (χ1n) is 15.4. The number of ether oxygens (including phenoxy) is 3. The highest BCUT2D eigenvalue weighted by Gasteiger charge is 2.32. The van der Waals surface area contributed by atoms with Crippen molar-refractivity contribution in [1.82, 2.24) is 14.5 Å². The van der Waals surface area contributed by atoms with Crippen LogP contribution in [-0.4, -0.2) is 76.0 Å². The molecule has 5 rings (SSSR count). The molecule has 1 aliphatic heterocycles. The normalized spacial score (nSPS) is 14.1. The summed E-state index contributed by atoms with van der Waals surface area (Å²) in [5, 5.41) is 3.03. The van der Waals surface area contributed by atoms with E-state index in [9.17, 15) is 18.0 Å². The van der Waals surface area contributed by atoms with Crippen LogP contribution in [0, 0.1) is 0 Å². The van der Waals surface area contributed by atoms with Gasteiger partial charge >= 0.3 is 0 Å². The zero-order valence-electron chi connectivity index (χ0n) is 26.3. The van der Waals surface area contributed by atoms with E-state index in [0.717, 1.165) is 11.1 Å². The molecule has 4 aromatic carbocycles. The van der Waals surface area contributed by atoms with E-state index in [1.807, 2.05) is 72.8 Å². The van der Waals surface area contributed by atoms with Gasteiger partial charge in [-0.15, -0.1) is 0 Å². The van der Waals surface area contributed by atoms with Gasteiger partial charge < -0.3 is 24.4 Å². The fourth-order valence-electron chi connectivity index (χ4n) is 5.30. The Morgan fingerprint density at radius 1 is 0.830 bits per heavy atom. The van der Waals surface area contributed by atoms with Crippen molar-refractivity contribution in [2.24, 2.45) is 0 Å². The molecule has 246 valence electrons. The van der Waals surface area contributed by atoms with Crippen LogP contribution in [0.3, 0.4) is 0 Å². The van der Waals surface area contributed by atoms with Crippen molar-refractivity contribution < 1.29 is 32.2 Å². The summed E-state index contributed by atoms with van der Waals surface area (Å²) in [6, 6.07) is 31.4. The number of nitrogens with zero attached hydrogens (tertiary/aromatic N) is 2. The maximum atomic E-state index is 14.0. The van der Waals surface area contributed by atoms with Crippen LogP contribution in [0.25, 0.3) is 0 Å². The number of carbonyl (C=O) groups is 2. The van der Waals surface area contributed by atoms with Crippen LogP contribution in [0.2, 0.25) is 0 Å². The maximum absolute atomic E-state index is 14.0. The van der Waals surface area contributed by atoms with E-state index < -0.39 is 22.0 Å². The lowest BCUT2D eigenvalue weighted by atomic mass is 10.0. The molecule has 2 amide bonds. The lowest BCUT2D eigenvalue weighted by Crippen LogP contribution is -2.45. The average molecular weight is 658 g/mol. The number of nitrogens with one attached hydrogen (secondary N) is 1. The molecule has 0 spiro atoms. The number of hydrogen-bond acceptors (Lipinski definition) is 7. The first-order valence-corrected chi connectivity index (χ1v) is 16.9. The molecule has 10 nitrogen and oxygen atoms in total. The Morgan fingerprint density at radius 2 is 1.45 bits per heavy atom. The molecule has 0 saturated carbocycles. The van der Waals surface area contributed by atoms with Crippen LogP contribution in [0.5, 0.6) is 11.5 Å². The van der Waals surface area contributed by atoms with Crippen LogP contribution in [0.4, 0.5) is 0 Å². The molecule has 0 unspecified atom stereocenters. The Balaban J connectivity index is 1.35. The summed E-state index contributed by atoms with van der Waals surface area (Å²) >= 11 is 0. The number of methoxy groups -OCH3 is 1. The van der Waals surface area contributed by atoms with Crippen LogP contribution < -0.4 is 14.8 Å². The topological polar surface area (TPSA) is 114 Å². The first-order chi connectivity index (χ1) is 22.8. The average Bonchev–Trinajstić information content (AvgIpc) is 3.12. The molecule has 1 aliphatic rings. The second kappa shape index (κ2) is 16.2. The number of rotatable bonds is 14. The molecule has 1 heterocycles. The molecule has 1 saturated heterocycles. The highest BCUT2D eigenvalue weighted by molar-refractivity contribution is 7.89. The minimum atomic E-state index is -3.67. The quantitative estimate of drug-likeness (QED) is 0.216. The molecule has 1 fully saturated rings. The Hall–Kier alpha value is -4.71. The van der Waals surface area contributed by atoms with Crippen LogP contribution in [0.15, 0.2) is 114 Å². The summed E-state index contributed by atoms with van der Waals surface area (Å²) in [7, 11) is -2.09. The van der Waals surface area contributed by atoms with Gasteiger partial charge in [0, 0.05) is 26.2 Å². The Morgan fingerprint density at radius 3 is 2.09 bits per heavy atom. The van der Waals surface area contributed by atoms with E-state index in [0.29, 0.717) is 56.3 Å². The van der Waals surface area contributed by atoms with Crippen molar-refractivity contribution in [2.45, 2.75) is 23.9 Å². The second-order valence-corrected chi connectivity index (χ2v) is 12.9. The van der Waals surface area contributed by atoms with Gasteiger partial charge in [-0.2, -0.15) is 4.31 Å². The fraction of sp³-hybridized carbons (Fsp3) is 0.278. The van der Waals surface area contributed by atoms with Gasteiger partial charge in [-0.05, 0) is 59.5 Å². The second-order valence-electron chi connectivity index (χ2n) is 11.0. The molecule has 0 aliphatic carbocycles. The Bertz CT molecular complexity index is 1700. The third-order valence-corrected chi connectivity index (χ3v) is 9.77. The highest BCUT2D eigenvalue weighted by Crippen LogP contribution is 2.26. The highest BCUT2D eigenvalue weighted by atomic mass is 32.2. The number of morpholine rings is 1. The number of sulfonamides is 1. The fourth-order valence-corrected chi connectivity index (χ4v) is 6.71. The molecule has 0 aromatic heterocycles. The largest absolute Gasteiger partial charge is 0.497 e. The van der Waals surface area contributed by atoms with Crippen molar-refractivity contribution in [2.75, 3.05) is 46.6 Å². The monoisotopic (exact) mass is 657 g/mol. The lowest BCUT2D eigenvalue weighted by molar-refractivity contribution is -0.143. The van der Waals surface area contributed by atoms with Crippen LogP contribution in [-0.2, 0) is 37.3 Å². The molecule has 1 atom stereocenters. The van der Waals surface area contributed by atoms with Gasteiger partial charge in [0.15, 0.2) is 6.61 Å². The van der Waals surface area contributed by atoms with Crippen LogP contribution >= 0.6 is 0 Å². The van der Waals surface area contributed by atoms with E-state index in [1.165, 1.54) is 33.5 Å². The van der Waals surface area contributed by atoms with E-state index in [1.54, 1.807) is 19.2 Å². The van der Waals surface area contributed by atoms with Crippen molar-refractivity contribution in [3.8, 4) is 11.5 Å². The van der Waals surface area contributed by atoms with Crippen LogP contribution in [0.1, 0.15) is 22.7 Å². The van der Waals surface area contributed by atoms with Gasteiger partial charge in [0.25, 0.3) is 5.91 Å².